The van der Waals surface area contributed by atoms with E-state index in [0.717, 1.165) is 17.0 Å². The van der Waals surface area contributed by atoms with Crippen LogP contribution in [0.2, 0.25) is 0 Å². The monoisotopic (exact) mass is 164 g/mol. The molecule has 0 fully saturated rings. The average molecular weight is 164 g/mol. The molecule has 0 saturated heterocycles. The van der Waals surface area contributed by atoms with Crippen molar-refractivity contribution in [2.24, 2.45) is 0 Å². The molecule has 12 heavy (non-hydrogen) atoms. The van der Waals surface area contributed by atoms with Gasteiger partial charge in [0.25, 0.3) is 0 Å². The van der Waals surface area contributed by atoms with Gasteiger partial charge in [-0.15, -0.1) is 0 Å². The second-order valence-electron chi connectivity index (χ2n) is 2.90. The van der Waals surface area contributed by atoms with Gasteiger partial charge in [0.1, 0.15) is 5.75 Å². The zero-order chi connectivity index (χ0) is 9.14. The van der Waals surface area contributed by atoms with Crippen LogP contribution in [0.25, 0.3) is 0 Å². The fraction of sp³-hybridized carbons (Fsp3) is 0.300. The highest BCUT2D eigenvalue weighted by atomic mass is 16.5. The number of rotatable bonds is 2. The summed E-state index contributed by atoms with van der Waals surface area (Å²) in [5.41, 5.74) is 2.04. The Morgan fingerprint density at radius 2 is 2.00 bits per heavy atom. The fourth-order valence-electron chi connectivity index (χ4n) is 1.09. The van der Waals surface area contributed by atoms with Gasteiger partial charge in [0.05, 0.1) is 12.8 Å². The van der Waals surface area contributed by atoms with E-state index in [9.17, 15) is 0 Å². The van der Waals surface area contributed by atoms with E-state index in [4.69, 9.17) is 4.74 Å². The molecule has 0 aliphatic carbocycles. The first-order valence-electron chi connectivity index (χ1n) is 3.82. The maximum atomic E-state index is 5.21. The molecular weight excluding hydrogens is 150 g/mol. The van der Waals surface area contributed by atoms with E-state index in [1.165, 1.54) is 0 Å². The second kappa shape index (κ2) is 3.48. The SMILES string of the molecule is [CH2]c1ccc(N(C)C)c(OC)c1. The third-order valence-electron chi connectivity index (χ3n) is 1.73. The highest BCUT2D eigenvalue weighted by molar-refractivity contribution is 5.59. The van der Waals surface area contributed by atoms with Crippen LogP contribution < -0.4 is 9.64 Å². The van der Waals surface area contributed by atoms with Crippen molar-refractivity contribution in [3.05, 3.63) is 30.7 Å². The molecule has 0 aromatic heterocycles. The van der Waals surface area contributed by atoms with Crippen molar-refractivity contribution in [3.63, 3.8) is 0 Å². The van der Waals surface area contributed by atoms with Gasteiger partial charge in [-0.25, -0.2) is 0 Å². The lowest BCUT2D eigenvalue weighted by molar-refractivity contribution is 0.415. The van der Waals surface area contributed by atoms with Gasteiger partial charge in [0, 0.05) is 14.1 Å². The van der Waals surface area contributed by atoms with Crippen LogP contribution in [0.4, 0.5) is 5.69 Å². The standard InChI is InChI=1S/C10H14NO/c1-8-5-6-9(11(2)3)10(7-8)12-4/h5-7H,1H2,2-4H3. The first-order valence-corrected chi connectivity index (χ1v) is 3.82. The first-order chi connectivity index (χ1) is 5.65. The molecule has 0 N–H and O–H groups in total. The summed E-state index contributed by atoms with van der Waals surface area (Å²) in [4.78, 5) is 2.01. The molecule has 0 spiro atoms. The number of anilines is 1. The summed E-state index contributed by atoms with van der Waals surface area (Å²) in [5.74, 6) is 0.868. The fourth-order valence-corrected chi connectivity index (χ4v) is 1.09. The van der Waals surface area contributed by atoms with Gasteiger partial charge >= 0.3 is 0 Å². The molecule has 1 radical (unpaired) electrons. The maximum absolute atomic E-state index is 5.21. The van der Waals surface area contributed by atoms with Gasteiger partial charge in [0.2, 0.25) is 0 Å². The average Bonchev–Trinajstić information content (AvgIpc) is 2.03. The molecular formula is C10H14NO. The summed E-state index contributed by atoms with van der Waals surface area (Å²) in [7, 11) is 5.64. The Bertz CT molecular complexity index is 269. The van der Waals surface area contributed by atoms with Crippen molar-refractivity contribution in [3.8, 4) is 5.75 Å². The molecule has 2 nitrogen and oxygen atoms in total. The van der Waals surface area contributed by atoms with Gasteiger partial charge in [-0.05, 0) is 24.6 Å². The number of ether oxygens (including phenoxy) is 1. The molecule has 0 heterocycles. The molecule has 0 aliphatic heterocycles. The van der Waals surface area contributed by atoms with E-state index in [2.05, 4.69) is 6.92 Å². The summed E-state index contributed by atoms with van der Waals surface area (Å²) in [6, 6.07) is 5.90. The van der Waals surface area contributed by atoms with Gasteiger partial charge in [0.15, 0.2) is 0 Å². The van der Waals surface area contributed by atoms with E-state index in [-0.39, 0.29) is 0 Å². The molecule has 0 bridgehead atoms. The van der Waals surface area contributed by atoms with Crippen LogP contribution in [-0.2, 0) is 0 Å². The minimum atomic E-state index is 0.868. The molecule has 1 aromatic rings. The number of nitrogens with zero attached hydrogens (tertiary/aromatic N) is 1. The number of benzene rings is 1. The molecule has 0 saturated carbocycles. The van der Waals surface area contributed by atoms with E-state index in [1.807, 2.05) is 37.2 Å². The lowest BCUT2D eigenvalue weighted by atomic mass is 10.2. The Morgan fingerprint density at radius 1 is 1.33 bits per heavy atom. The van der Waals surface area contributed by atoms with Gasteiger partial charge in [-0.3, -0.25) is 0 Å². The first kappa shape index (κ1) is 8.91. The molecule has 0 atom stereocenters. The quantitative estimate of drug-likeness (QED) is 0.662. The van der Waals surface area contributed by atoms with Crippen molar-refractivity contribution in [2.75, 3.05) is 26.1 Å². The second-order valence-corrected chi connectivity index (χ2v) is 2.90. The van der Waals surface area contributed by atoms with Gasteiger partial charge in [-0.1, -0.05) is 6.07 Å². The van der Waals surface area contributed by atoms with Crippen molar-refractivity contribution in [1.29, 1.82) is 0 Å². The van der Waals surface area contributed by atoms with E-state index in [1.54, 1.807) is 7.11 Å². The molecule has 65 valence electrons. The molecule has 0 aliphatic rings. The third kappa shape index (κ3) is 1.70. The normalized spacial score (nSPS) is 9.67. The summed E-state index contributed by atoms with van der Waals surface area (Å²) in [5, 5.41) is 0. The van der Waals surface area contributed by atoms with Crippen LogP contribution in [0.15, 0.2) is 18.2 Å². The third-order valence-corrected chi connectivity index (χ3v) is 1.73. The predicted molar refractivity (Wildman–Crippen MR) is 51.8 cm³/mol. The zero-order valence-corrected chi connectivity index (χ0v) is 7.79. The van der Waals surface area contributed by atoms with Crippen LogP contribution in [0.5, 0.6) is 5.75 Å². The van der Waals surface area contributed by atoms with Crippen molar-refractivity contribution < 1.29 is 4.74 Å². The molecule has 0 amide bonds. The Morgan fingerprint density at radius 3 is 2.50 bits per heavy atom. The van der Waals surface area contributed by atoms with Crippen LogP contribution >= 0.6 is 0 Å². The van der Waals surface area contributed by atoms with Gasteiger partial charge in [-0.2, -0.15) is 0 Å². The van der Waals surface area contributed by atoms with E-state index in [0.29, 0.717) is 0 Å². The number of methoxy groups -OCH3 is 1. The Hall–Kier alpha value is -1.18. The topological polar surface area (TPSA) is 12.5 Å². The minimum absolute atomic E-state index is 0.868. The number of hydrogen-bond acceptors (Lipinski definition) is 2. The molecule has 1 aromatic carbocycles. The zero-order valence-electron chi connectivity index (χ0n) is 7.79. The van der Waals surface area contributed by atoms with Crippen LogP contribution in [0.1, 0.15) is 5.56 Å². The summed E-state index contributed by atoms with van der Waals surface area (Å²) in [6.45, 7) is 3.83. The van der Waals surface area contributed by atoms with E-state index < -0.39 is 0 Å². The lowest BCUT2D eigenvalue weighted by Gasteiger charge is -2.16. The maximum Gasteiger partial charge on any atom is 0.142 e. The van der Waals surface area contributed by atoms with Crippen LogP contribution in [0.3, 0.4) is 0 Å². The molecule has 0 unspecified atom stereocenters. The predicted octanol–water partition coefficient (Wildman–Crippen LogP) is 1.94. The van der Waals surface area contributed by atoms with E-state index >= 15 is 0 Å². The molecule has 1 rings (SSSR count). The van der Waals surface area contributed by atoms with Gasteiger partial charge < -0.3 is 9.64 Å². The highest BCUT2D eigenvalue weighted by Gasteiger charge is 2.03. The van der Waals surface area contributed by atoms with Crippen molar-refractivity contribution >= 4 is 5.69 Å². The Balaban J connectivity index is 3.11. The highest BCUT2D eigenvalue weighted by Crippen LogP contribution is 2.26. The van der Waals surface area contributed by atoms with Crippen molar-refractivity contribution in [2.45, 2.75) is 0 Å². The Kier molecular flexibility index (Phi) is 2.58. The Labute approximate surface area is 73.8 Å². The summed E-state index contributed by atoms with van der Waals surface area (Å²) >= 11 is 0. The summed E-state index contributed by atoms with van der Waals surface area (Å²) in [6.07, 6.45) is 0. The van der Waals surface area contributed by atoms with Crippen LogP contribution in [0, 0.1) is 6.92 Å². The lowest BCUT2D eigenvalue weighted by Crippen LogP contribution is -2.09. The van der Waals surface area contributed by atoms with Crippen molar-refractivity contribution in [1.82, 2.24) is 0 Å². The smallest absolute Gasteiger partial charge is 0.142 e. The summed E-state index contributed by atoms with van der Waals surface area (Å²) < 4.78 is 5.21. The minimum Gasteiger partial charge on any atom is -0.495 e. The largest absolute Gasteiger partial charge is 0.495 e. The molecule has 2 heteroatoms. The van der Waals surface area contributed by atoms with Crippen LogP contribution in [-0.4, -0.2) is 21.2 Å². The number of hydrogen-bond donors (Lipinski definition) is 0.